The second kappa shape index (κ2) is 7.54. The molecule has 1 aromatic carbocycles. The van der Waals surface area contributed by atoms with Crippen molar-refractivity contribution in [2.75, 3.05) is 19.6 Å². The van der Waals surface area contributed by atoms with E-state index >= 15 is 0 Å². The van der Waals surface area contributed by atoms with E-state index in [2.05, 4.69) is 5.32 Å². The van der Waals surface area contributed by atoms with Crippen molar-refractivity contribution in [2.24, 2.45) is 0 Å². The van der Waals surface area contributed by atoms with Gasteiger partial charge in [-0.05, 0) is 25.3 Å². The number of urea groups is 1. The fourth-order valence-corrected chi connectivity index (χ4v) is 4.56. The van der Waals surface area contributed by atoms with Gasteiger partial charge >= 0.3 is 6.03 Å². The molecule has 0 aromatic heterocycles. The van der Waals surface area contributed by atoms with Crippen LogP contribution in [0.2, 0.25) is 0 Å². The summed E-state index contributed by atoms with van der Waals surface area (Å²) in [4.78, 5) is 41.1. The largest absolute Gasteiger partial charge is 0.367 e. The van der Waals surface area contributed by atoms with Crippen LogP contribution in [0.1, 0.15) is 50.7 Å². The Hall–Kier alpha value is -2.41. The average Bonchev–Trinajstić information content (AvgIpc) is 2.92. The Morgan fingerprint density at radius 2 is 1.86 bits per heavy atom. The van der Waals surface area contributed by atoms with E-state index < -0.39 is 11.6 Å². The number of morpholine rings is 1. The van der Waals surface area contributed by atoms with Gasteiger partial charge in [0, 0.05) is 6.54 Å². The predicted octanol–water partition coefficient (Wildman–Crippen LogP) is 2.23. The van der Waals surface area contributed by atoms with Gasteiger partial charge in [0.25, 0.3) is 5.91 Å². The van der Waals surface area contributed by atoms with Gasteiger partial charge < -0.3 is 15.0 Å². The smallest absolute Gasteiger partial charge is 0.325 e. The van der Waals surface area contributed by atoms with Crippen LogP contribution in [0.5, 0.6) is 0 Å². The number of carbonyl (C=O) groups excluding carboxylic acids is 3. The molecule has 1 saturated carbocycles. The van der Waals surface area contributed by atoms with Crippen molar-refractivity contribution in [3.63, 3.8) is 0 Å². The quantitative estimate of drug-likeness (QED) is 0.810. The Labute approximate surface area is 165 Å². The number of rotatable bonds is 3. The van der Waals surface area contributed by atoms with Crippen molar-refractivity contribution < 1.29 is 19.1 Å². The van der Waals surface area contributed by atoms with Gasteiger partial charge in [0.2, 0.25) is 5.91 Å². The van der Waals surface area contributed by atoms with E-state index in [0.717, 1.165) is 29.7 Å². The van der Waals surface area contributed by atoms with Gasteiger partial charge in [-0.1, -0.05) is 49.6 Å². The van der Waals surface area contributed by atoms with Crippen LogP contribution >= 0.6 is 0 Å². The topological polar surface area (TPSA) is 79.0 Å². The molecule has 3 fully saturated rings. The molecule has 1 aliphatic carbocycles. The van der Waals surface area contributed by atoms with Crippen molar-refractivity contribution in [3.05, 3.63) is 35.9 Å². The first kappa shape index (κ1) is 18.9. The Morgan fingerprint density at radius 3 is 2.57 bits per heavy atom. The lowest BCUT2D eigenvalue weighted by molar-refractivity contribution is -0.148. The number of hydrogen-bond acceptors (Lipinski definition) is 4. The number of amides is 4. The first-order chi connectivity index (χ1) is 13.5. The highest BCUT2D eigenvalue weighted by molar-refractivity contribution is 6.09. The standard InChI is InChI=1S/C21H27N3O4/c1-15-12-23(13-17(28-15)16-8-4-2-5-9-16)18(25)14-24-19(26)21(22-20(24)27)10-6-3-7-11-21/h2,4-5,8-9,15,17H,3,6-7,10-14H2,1H3,(H,22,27). The summed E-state index contributed by atoms with van der Waals surface area (Å²) < 4.78 is 6.00. The zero-order chi connectivity index (χ0) is 19.7. The molecule has 7 nitrogen and oxygen atoms in total. The molecular weight excluding hydrogens is 358 g/mol. The van der Waals surface area contributed by atoms with E-state index in [9.17, 15) is 14.4 Å². The lowest BCUT2D eigenvalue weighted by atomic mass is 9.82. The minimum atomic E-state index is -0.791. The molecule has 28 heavy (non-hydrogen) atoms. The van der Waals surface area contributed by atoms with Crippen molar-refractivity contribution in [1.82, 2.24) is 15.1 Å². The van der Waals surface area contributed by atoms with Crippen LogP contribution in [0.15, 0.2) is 30.3 Å². The summed E-state index contributed by atoms with van der Waals surface area (Å²) in [6.45, 7) is 2.60. The highest BCUT2D eigenvalue weighted by Crippen LogP contribution is 2.34. The summed E-state index contributed by atoms with van der Waals surface area (Å²) in [5, 5.41) is 2.86. The van der Waals surface area contributed by atoms with Crippen LogP contribution < -0.4 is 5.32 Å². The number of hydrogen-bond donors (Lipinski definition) is 1. The number of nitrogens with one attached hydrogen (secondary N) is 1. The number of imide groups is 1. The fraction of sp³-hybridized carbons (Fsp3) is 0.571. The molecule has 7 heteroatoms. The number of carbonyl (C=O) groups is 3. The van der Waals surface area contributed by atoms with Crippen LogP contribution in [-0.4, -0.2) is 58.9 Å². The SMILES string of the molecule is CC1CN(C(=O)CN2C(=O)NC3(CCCCC3)C2=O)CC(c2ccccc2)O1. The van der Waals surface area contributed by atoms with Crippen LogP contribution in [0.4, 0.5) is 4.79 Å². The van der Waals surface area contributed by atoms with Crippen LogP contribution in [0, 0.1) is 0 Å². The molecule has 2 saturated heterocycles. The maximum atomic E-state index is 12.9. The second-order valence-corrected chi connectivity index (χ2v) is 8.11. The van der Waals surface area contributed by atoms with Gasteiger partial charge in [-0.2, -0.15) is 0 Å². The van der Waals surface area contributed by atoms with Crippen LogP contribution in [-0.2, 0) is 14.3 Å². The molecular formula is C21H27N3O4. The average molecular weight is 385 g/mol. The molecule has 1 aromatic rings. The number of nitrogens with zero attached hydrogens (tertiary/aromatic N) is 2. The molecule has 2 aliphatic heterocycles. The van der Waals surface area contributed by atoms with Gasteiger partial charge in [0.1, 0.15) is 18.2 Å². The minimum absolute atomic E-state index is 0.115. The van der Waals surface area contributed by atoms with E-state index in [4.69, 9.17) is 4.74 Å². The van der Waals surface area contributed by atoms with Gasteiger partial charge in [-0.15, -0.1) is 0 Å². The number of ether oxygens (including phenoxy) is 1. The lowest BCUT2D eigenvalue weighted by Crippen LogP contribution is -2.51. The summed E-state index contributed by atoms with van der Waals surface area (Å²) in [5.41, 5.74) is 0.225. The van der Waals surface area contributed by atoms with E-state index in [1.807, 2.05) is 37.3 Å². The first-order valence-electron chi connectivity index (χ1n) is 10.1. The third-order valence-corrected chi connectivity index (χ3v) is 6.03. The van der Waals surface area contributed by atoms with Crippen LogP contribution in [0.25, 0.3) is 0 Å². The fourth-order valence-electron chi connectivity index (χ4n) is 4.56. The maximum absolute atomic E-state index is 12.9. The Kier molecular flexibility index (Phi) is 5.10. The maximum Gasteiger partial charge on any atom is 0.325 e. The normalized spacial score (nSPS) is 27.2. The molecule has 2 heterocycles. The summed E-state index contributed by atoms with van der Waals surface area (Å²) in [6.07, 6.45) is 3.93. The predicted molar refractivity (Wildman–Crippen MR) is 102 cm³/mol. The molecule has 150 valence electrons. The molecule has 0 bridgehead atoms. The van der Waals surface area contributed by atoms with Gasteiger partial charge in [-0.3, -0.25) is 14.5 Å². The van der Waals surface area contributed by atoms with Crippen molar-refractivity contribution >= 4 is 17.8 Å². The van der Waals surface area contributed by atoms with Gasteiger partial charge in [-0.25, -0.2) is 4.79 Å². The molecule has 4 amide bonds. The highest BCUT2D eigenvalue weighted by atomic mass is 16.5. The molecule has 2 atom stereocenters. The monoisotopic (exact) mass is 385 g/mol. The van der Waals surface area contributed by atoms with E-state index in [-0.39, 0.29) is 30.6 Å². The molecule has 1 spiro atoms. The zero-order valence-corrected chi connectivity index (χ0v) is 16.2. The summed E-state index contributed by atoms with van der Waals surface area (Å²) >= 11 is 0. The Bertz CT molecular complexity index is 760. The van der Waals surface area contributed by atoms with Crippen molar-refractivity contribution in [1.29, 1.82) is 0 Å². The Balaban J connectivity index is 1.44. The first-order valence-corrected chi connectivity index (χ1v) is 10.1. The molecule has 0 radical (unpaired) electrons. The van der Waals surface area contributed by atoms with Crippen LogP contribution in [0.3, 0.4) is 0 Å². The third kappa shape index (κ3) is 3.51. The van der Waals surface area contributed by atoms with E-state index in [0.29, 0.717) is 25.9 Å². The highest BCUT2D eigenvalue weighted by Gasteiger charge is 2.52. The molecule has 1 N–H and O–H groups in total. The summed E-state index contributed by atoms with van der Waals surface area (Å²) in [6, 6.07) is 9.35. The van der Waals surface area contributed by atoms with E-state index in [1.165, 1.54) is 0 Å². The minimum Gasteiger partial charge on any atom is -0.367 e. The summed E-state index contributed by atoms with van der Waals surface area (Å²) in [5.74, 6) is -0.459. The second-order valence-electron chi connectivity index (χ2n) is 8.11. The van der Waals surface area contributed by atoms with E-state index in [1.54, 1.807) is 4.90 Å². The molecule has 3 aliphatic rings. The number of benzene rings is 1. The Morgan fingerprint density at radius 1 is 1.14 bits per heavy atom. The summed E-state index contributed by atoms with van der Waals surface area (Å²) in [7, 11) is 0. The van der Waals surface area contributed by atoms with Gasteiger partial charge in [0.15, 0.2) is 0 Å². The van der Waals surface area contributed by atoms with Crippen molar-refractivity contribution in [2.45, 2.75) is 56.8 Å². The van der Waals surface area contributed by atoms with Crippen molar-refractivity contribution in [3.8, 4) is 0 Å². The molecule has 4 rings (SSSR count). The van der Waals surface area contributed by atoms with Gasteiger partial charge in [0.05, 0.1) is 12.6 Å². The third-order valence-electron chi connectivity index (χ3n) is 6.03. The zero-order valence-electron chi connectivity index (χ0n) is 16.2. The molecule has 2 unspecified atom stereocenters. The lowest BCUT2D eigenvalue weighted by Gasteiger charge is -2.37.